The Hall–Kier alpha value is -0.540. The number of nitrogens with one attached hydrogen (secondary N) is 1. The normalized spacial score (nSPS) is 21.5. The molecule has 0 amide bonds. The summed E-state index contributed by atoms with van der Waals surface area (Å²) in [7, 11) is 0. The highest BCUT2D eigenvalue weighted by atomic mass is 79.9. The molecular weight excluding hydrogens is 290 g/mol. The van der Waals surface area contributed by atoms with Crippen molar-refractivity contribution >= 4 is 15.9 Å². The van der Waals surface area contributed by atoms with Gasteiger partial charge in [0.15, 0.2) is 0 Å². The van der Waals surface area contributed by atoms with E-state index >= 15 is 0 Å². The predicted molar refractivity (Wildman–Crippen MR) is 77.4 cm³/mol. The molecule has 98 valence electrons. The SMILES string of the molecule is Cc1c(Br)cc2c(c1C)OC1(CCNCC1)CC2. The zero-order valence-corrected chi connectivity index (χ0v) is 12.7. The maximum absolute atomic E-state index is 6.47. The van der Waals surface area contributed by atoms with Gasteiger partial charge in [-0.2, -0.15) is 0 Å². The summed E-state index contributed by atoms with van der Waals surface area (Å²) in [6.45, 7) is 6.51. The smallest absolute Gasteiger partial charge is 0.126 e. The number of rotatable bonds is 0. The van der Waals surface area contributed by atoms with Crippen LogP contribution >= 0.6 is 15.9 Å². The Balaban J connectivity index is 1.99. The lowest BCUT2D eigenvalue weighted by Crippen LogP contribution is -2.48. The summed E-state index contributed by atoms with van der Waals surface area (Å²) in [5.41, 5.74) is 4.08. The first-order valence-electron chi connectivity index (χ1n) is 6.80. The summed E-state index contributed by atoms with van der Waals surface area (Å²) in [5, 5.41) is 3.43. The molecule has 2 nitrogen and oxygen atoms in total. The van der Waals surface area contributed by atoms with Crippen molar-refractivity contribution < 1.29 is 4.74 Å². The number of fused-ring (bicyclic) bond motifs is 1. The average Bonchev–Trinajstić information content (AvgIpc) is 2.39. The van der Waals surface area contributed by atoms with Crippen molar-refractivity contribution in [3.8, 4) is 5.75 Å². The van der Waals surface area contributed by atoms with Crippen LogP contribution in [0.2, 0.25) is 0 Å². The first-order chi connectivity index (χ1) is 8.61. The molecule has 0 atom stereocenters. The largest absolute Gasteiger partial charge is 0.487 e. The standard InChI is InChI=1S/C15H20BrNO/c1-10-11(2)14-12(9-13(10)16)3-4-15(18-14)5-7-17-8-6-15/h9,17H,3-8H2,1-2H3. The van der Waals surface area contributed by atoms with Crippen molar-refractivity contribution in [2.24, 2.45) is 0 Å². The molecule has 0 aliphatic carbocycles. The molecule has 0 unspecified atom stereocenters. The van der Waals surface area contributed by atoms with Crippen LogP contribution in [0.3, 0.4) is 0 Å². The molecule has 18 heavy (non-hydrogen) atoms. The second-order valence-corrected chi connectivity index (χ2v) is 6.49. The molecule has 2 heterocycles. The monoisotopic (exact) mass is 309 g/mol. The van der Waals surface area contributed by atoms with E-state index in [0.29, 0.717) is 0 Å². The van der Waals surface area contributed by atoms with Crippen LogP contribution in [0.25, 0.3) is 0 Å². The lowest BCUT2D eigenvalue weighted by Gasteiger charge is -2.42. The molecule has 1 aromatic carbocycles. The Morgan fingerprint density at radius 1 is 1.17 bits per heavy atom. The molecule has 0 bridgehead atoms. The summed E-state index contributed by atoms with van der Waals surface area (Å²) in [6, 6.07) is 2.24. The number of piperidine rings is 1. The van der Waals surface area contributed by atoms with Gasteiger partial charge in [-0.15, -0.1) is 0 Å². The van der Waals surface area contributed by atoms with Crippen LogP contribution in [0, 0.1) is 13.8 Å². The van der Waals surface area contributed by atoms with E-state index in [0.717, 1.165) is 44.5 Å². The molecule has 1 spiro atoms. The molecular formula is C15H20BrNO. The number of benzene rings is 1. The molecule has 0 aromatic heterocycles. The summed E-state index contributed by atoms with van der Waals surface area (Å²) in [6.07, 6.45) is 4.59. The Kier molecular flexibility index (Phi) is 3.15. The zero-order valence-electron chi connectivity index (χ0n) is 11.1. The molecule has 3 heteroatoms. The zero-order chi connectivity index (χ0) is 12.8. The molecule has 0 saturated carbocycles. The van der Waals surface area contributed by atoms with E-state index in [-0.39, 0.29) is 5.60 Å². The van der Waals surface area contributed by atoms with Gasteiger partial charge in [-0.1, -0.05) is 15.9 Å². The minimum Gasteiger partial charge on any atom is -0.487 e. The summed E-state index contributed by atoms with van der Waals surface area (Å²) >= 11 is 3.65. The van der Waals surface area contributed by atoms with Gasteiger partial charge in [0, 0.05) is 4.47 Å². The van der Waals surface area contributed by atoms with Gasteiger partial charge in [0.2, 0.25) is 0 Å². The van der Waals surface area contributed by atoms with Gasteiger partial charge in [0.1, 0.15) is 11.4 Å². The highest BCUT2D eigenvalue weighted by Crippen LogP contribution is 2.42. The minimum absolute atomic E-state index is 0.100. The van der Waals surface area contributed by atoms with Crippen molar-refractivity contribution in [1.82, 2.24) is 5.32 Å². The number of hydrogen-bond acceptors (Lipinski definition) is 2. The highest BCUT2D eigenvalue weighted by molar-refractivity contribution is 9.10. The molecule has 1 aromatic rings. The predicted octanol–water partition coefficient (Wildman–Crippen LogP) is 3.51. The van der Waals surface area contributed by atoms with Crippen molar-refractivity contribution in [2.45, 2.75) is 45.1 Å². The van der Waals surface area contributed by atoms with Crippen LogP contribution < -0.4 is 10.1 Å². The third kappa shape index (κ3) is 1.97. The minimum atomic E-state index is 0.100. The maximum atomic E-state index is 6.47. The second-order valence-electron chi connectivity index (χ2n) is 5.63. The van der Waals surface area contributed by atoms with Crippen LogP contribution in [0.15, 0.2) is 10.5 Å². The van der Waals surface area contributed by atoms with E-state index in [1.54, 1.807) is 0 Å². The average molecular weight is 310 g/mol. The Morgan fingerprint density at radius 3 is 2.61 bits per heavy atom. The quantitative estimate of drug-likeness (QED) is 0.792. The lowest BCUT2D eigenvalue weighted by molar-refractivity contribution is 0.0162. The number of aryl methyl sites for hydroxylation is 1. The molecule has 1 N–H and O–H groups in total. The fourth-order valence-corrected chi connectivity index (χ4v) is 3.68. The fraction of sp³-hybridized carbons (Fsp3) is 0.600. The molecule has 1 saturated heterocycles. The van der Waals surface area contributed by atoms with E-state index < -0.39 is 0 Å². The van der Waals surface area contributed by atoms with Crippen molar-refractivity contribution in [2.75, 3.05) is 13.1 Å². The Bertz CT molecular complexity index is 478. The van der Waals surface area contributed by atoms with Crippen molar-refractivity contribution in [3.63, 3.8) is 0 Å². The Morgan fingerprint density at radius 2 is 1.89 bits per heavy atom. The molecule has 1 fully saturated rings. The first-order valence-corrected chi connectivity index (χ1v) is 7.59. The highest BCUT2D eigenvalue weighted by Gasteiger charge is 2.38. The van der Waals surface area contributed by atoms with E-state index in [1.165, 1.54) is 21.2 Å². The van der Waals surface area contributed by atoms with Crippen molar-refractivity contribution in [1.29, 1.82) is 0 Å². The number of hydrogen-bond donors (Lipinski definition) is 1. The number of ether oxygens (including phenoxy) is 1. The van der Waals surface area contributed by atoms with Gasteiger partial charge in [-0.25, -0.2) is 0 Å². The van der Waals surface area contributed by atoms with E-state index in [1.807, 2.05) is 0 Å². The van der Waals surface area contributed by atoms with E-state index in [4.69, 9.17) is 4.74 Å². The lowest BCUT2D eigenvalue weighted by atomic mass is 9.83. The summed E-state index contributed by atoms with van der Waals surface area (Å²) in [4.78, 5) is 0. The van der Waals surface area contributed by atoms with Gasteiger partial charge in [0.05, 0.1) is 0 Å². The van der Waals surface area contributed by atoms with Crippen LogP contribution in [-0.4, -0.2) is 18.7 Å². The van der Waals surface area contributed by atoms with Gasteiger partial charge in [0.25, 0.3) is 0 Å². The third-order valence-electron chi connectivity index (χ3n) is 4.54. The fourth-order valence-electron chi connectivity index (χ4n) is 3.11. The van der Waals surface area contributed by atoms with Gasteiger partial charge >= 0.3 is 0 Å². The second kappa shape index (κ2) is 4.53. The maximum Gasteiger partial charge on any atom is 0.126 e. The summed E-state index contributed by atoms with van der Waals surface area (Å²) in [5.74, 6) is 1.16. The number of halogens is 1. The van der Waals surface area contributed by atoms with Crippen molar-refractivity contribution in [3.05, 3.63) is 27.2 Å². The van der Waals surface area contributed by atoms with Gasteiger partial charge < -0.3 is 10.1 Å². The van der Waals surface area contributed by atoms with Crippen LogP contribution in [0.1, 0.15) is 36.0 Å². The topological polar surface area (TPSA) is 21.3 Å². The molecule has 0 radical (unpaired) electrons. The molecule has 2 aliphatic rings. The first kappa shape index (κ1) is 12.5. The van der Waals surface area contributed by atoms with E-state index in [2.05, 4.69) is 41.2 Å². The van der Waals surface area contributed by atoms with Crippen LogP contribution in [0.4, 0.5) is 0 Å². The van der Waals surface area contributed by atoms with E-state index in [9.17, 15) is 0 Å². The Labute approximate surface area is 117 Å². The van der Waals surface area contributed by atoms with Gasteiger partial charge in [-0.3, -0.25) is 0 Å². The summed E-state index contributed by atoms with van der Waals surface area (Å²) < 4.78 is 7.68. The van der Waals surface area contributed by atoms with Crippen LogP contribution in [-0.2, 0) is 6.42 Å². The third-order valence-corrected chi connectivity index (χ3v) is 5.36. The molecule has 3 rings (SSSR count). The van der Waals surface area contributed by atoms with Crippen LogP contribution in [0.5, 0.6) is 5.75 Å². The van der Waals surface area contributed by atoms with Gasteiger partial charge in [-0.05, 0) is 75.4 Å². The molecule has 2 aliphatic heterocycles.